The average Bonchev–Trinajstić information content (AvgIpc) is 3.28. The molecule has 0 heterocycles. The molecule has 0 fully saturated rings. The van der Waals surface area contributed by atoms with Crippen LogP contribution in [-0.4, -0.2) is 14.2 Å². The molecule has 23 heavy (non-hydrogen) atoms. The van der Waals surface area contributed by atoms with Gasteiger partial charge in [0.1, 0.15) is 11.5 Å². The van der Waals surface area contributed by atoms with Crippen LogP contribution in [0.5, 0.6) is 11.5 Å². The molecule has 3 rings (SSSR count). The number of hydrogen-bond donors (Lipinski definition) is 0. The molecular weight excluding hydrogens is 328 g/mol. The molecule has 3 aromatic carbocycles. The molecule has 2 nitrogen and oxygen atoms in total. The molecule has 0 spiro atoms. The van der Waals surface area contributed by atoms with E-state index < -0.39 is 0 Å². The van der Waals surface area contributed by atoms with E-state index in [1.165, 1.54) is 5.56 Å². The van der Waals surface area contributed by atoms with E-state index in [1.807, 2.05) is 66.7 Å². The summed E-state index contributed by atoms with van der Waals surface area (Å²) in [6.45, 7) is 0. The van der Waals surface area contributed by atoms with Crippen LogP contribution in [0.2, 0.25) is 0 Å². The molecule has 0 saturated carbocycles. The predicted octanol–water partition coefficient (Wildman–Crippen LogP) is 5.00. The van der Waals surface area contributed by atoms with Crippen LogP contribution in [0.15, 0.2) is 72.8 Å². The van der Waals surface area contributed by atoms with E-state index in [2.05, 4.69) is 18.2 Å². The molecule has 0 aromatic heterocycles. The predicted molar refractivity (Wildman–Crippen MR) is 92.5 cm³/mol. The molecule has 0 unspecified atom stereocenters. The summed E-state index contributed by atoms with van der Waals surface area (Å²) in [5.41, 5.74) is 2.24. The molecule has 0 saturated heterocycles. The van der Waals surface area contributed by atoms with Gasteiger partial charge in [-0.2, -0.15) is 12.1 Å². The Morgan fingerprint density at radius 2 is 1.30 bits per heavy atom. The second-order valence-electron chi connectivity index (χ2n) is 4.66. The van der Waals surface area contributed by atoms with Crippen LogP contribution in [0, 0.1) is 0 Å². The van der Waals surface area contributed by atoms with E-state index >= 15 is 0 Å². The second-order valence-corrected chi connectivity index (χ2v) is 4.66. The van der Waals surface area contributed by atoms with Gasteiger partial charge in [0.15, 0.2) is 0 Å². The quantitative estimate of drug-likeness (QED) is 0.488. The summed E-state index contributed by atoms with van der Waals surface area (Å²) < 4.78 is 10.4. The Kier molecular flexibility index (Phi) is 8.59. The first-order valence-electron chi connectivity index (χ1n) is 7.11. The maximum Gasteiger partial charge on any atom is 0.122 e. The van der Waals surface area contributed by atoms with Crippen molar-refractivity contribution in [3.05, 3.63) is 83.9 Å². The van der Waals surface area contributed by atoms with E-state index in [0.29, 0.717) is 0 Å². The van der Waals surface area contributed by atoms with Gasteiger partial charge >= 0.3 is 0 Å². The van der Waals surface area contributed by atoms with Gasteiger partial charge in [0.2, 0.25) is 0 Å². The molecule has 3 heteroatoms. The Morgan fingerprint density at radius 3 is 1.74 bits per heavy atom. The Hall–Kier alpha value is -2.22. The van der Waals surface area contributed by atoms with Crippen LogP contribution in [0.1, 0.15) is 11.1 Å². The van der Waals surface area contributed by atoms with E-state index in [-0.39, 0.29) is 17.1 Å². The molecule has 0 aliphatic heterocycles. The number of methoxy groups -OCH3 is 2. The third kappa shape index (κ3) is 6.60. The van der Waals surface area contributed by atoms with Crippen molar-refractivity contribution in [2.24, 2.45) is 0 Å². The van der Waals surface area contributed by atoms with Crippen molar-refractivity contribution >= 4 is 12.2 Å². The van der Waals surface area contributed by atoms with E-state index in [1.54, 1.807) is 14.2 Å². The molecule has 0 atom stereocenters. The minimum atomic E-state index is 0. The SMILES string of the molecule is COc1cc(/C=C/[c-]2cccc2)cc(OC)c1.[Fe].[cH-]1[cH-][cH-][cH-][cH-]1. The third-order valence-electron chi connectivity index (χ3n) is 3.09. The summed E-state index contributed by atoms with van der Waals surface area (Å²) in [5, 5.41) is 0. The molecule has 0 aliphatic carbocycles. The summed E-state index contributed by atoms with van der Waals surface area (Å²) >= 11 is 0. The Balaban J connectivity index is 0.000000377. The van der Waals surface area contributed by atoms with Crippen molar-refractivity contribution in [1.29, 1.82) is 0 Å². The molecule has 0 N–H and O–H groups in total. The maximum atomic E-state index is 5.22. The average molecular weight is 348 g/mol. The fourth-order valence-electron chi connectivity index (χ4n) is 1.94. The first-order chi connectivity index (χ1) is 10.8. The van der Waals surface area contributed by atoms with E-state index in [4.69, 9.17) is 9.47 Å². The maximum absolute atomic E-state index is 5.22. The summed E-state index contributed by atoms with van der Waals surface area (Å²) in [5.74, 6) is 1.60. The van der Waals surface area contributed by atoms with Gasteiger partial charge in [-0.1, -0.05) is 5.56 Å². The second kappa shape index (κ2) is 10.5. The summed E-state index contributed by atoms with van der Waals surface area (Å²) in [6.07, 6.45) is 4.11. The Labute approximate surface area is 148 Å². The van der Waals surface area contributed by atoms with Crippen molar-refractivity contribution in [3.63, 3.8) is 0 Å². The molecule has 0 radical (unpaired) electrons. The molecular formula is C20H20FeO2-6. The van der Waals surface area contributed by atoms with Gasteiger partial charge in [0, 0.05) is 23.1 Å². The van der Waals surface area contributed by atoms with Crippen LogP contribution < -0.4 is 9.47 Å². The van der Waals surface area contributed by atoms with E-state index in [9.17, 15) is 0 Å². The topological polar surface area (TPSA) is 18.5 Å². The largest absolute Gasteiger partial charge is 0.748 e. The van der Waals surface area contributed by atoms with Crippen molar-refractivity contribution in [2.75, 3.05) is 14.2 Å². The van der Waals surface area contributed by atoms with Crippen LogP contribution in [0.3, 0.4) is 0 Å². The molecule has 0 amide bonds. The number of hydrogen-bond acceptors (Lipinski definition) is 2. The van der Waals surface area contributed by atoms with Gasteiger partial charge in [-0.15, -0.1) is 29.8 Å². The number of ether oxygens (including phenoxy) is 2. The van der Waals surface area contributed by atoms with Crippen LogP contribution in [0.4, 0.5) is 0 Å². The zero-order chi connectivity index (χ0) is 15.6. The molecule has 0 bridgehead atoms. The van der Waals surface area contributed by atoms with Gasteiger partial charge in [0.05, 0.1) is 14.2 Å². The molecule has 3 aromatic rings. The van der Waals surface area contributed by atoms with Gasteiger partial charge in [0.25, 0.3) is 0 Å². The van der Waals surface area contributed by atoms with Crippen molar-refractivity contribution in [3.8, 4) is 11.5 Å². The van der Waals surface area contributed by atoms with Crippen LogP contribution in [-0.2, 0) is 17.1 Å². The first kappa shape index (κ1) is 18.8. The molecule has 126 valence electrons. The Bertz CT molecular complexity index is 628. The van der Waals surface area contributed by atoms with Crippen molar-refractivity contribution in [2.45, 2.75) is 0 Å². The van der Waals surface area contributed by atoms with E-state index in [0.717, 1.165) is 17.1 Å². The van der Waals surface area contributed by atoms with Gasteiger partial charge in [-0.05, 0) is 12.1 Å². The zero-order valence-electron chi connectivity index (χ0n) is 13.3. The summed E-state index contributed by atoms with van der Waals surface area (Å²) in [4.78, 5) is 0. The zero-order valence-corrected chi connectivity index (χ0v) is 14.4. The smallest absolute Gasteiger partial charge is 0.122 e. The summed E-state index contributed by atoms with van der Waals surface area (Å²) in [6, 6.07) is 24.0. The minimum Gasteiger partial charge on any atom is -0.748 e. The summed E-state index contributed by atoms with van der Waals surface area (Å²) in [7, 11) is 3.30. The van der Waals surface area contributed by atoms with Crippen molar-refractivity contribution < 1.29 is 26.5 Å². The minimum absolute atomic E-state index is 0. The number of rotatable bonds is 4. The monoisotopic (exact) mass is 348 g/mol. The van der Waals surface area contributed by atoms with Crippen LogP contribution >= 0.6 is 0 Å². The normalized spacial score (nSPS) is 9.65. The third-order valence-corrected chi connectivity index (χ3v) is 3.09. The fourth-order valence-corrected chi connectivity index (χ4v) is 1.94. The number of benzene rings is 1. The molecule has 0 aliphatic rings. The van der Waals surface area contributed by atoms with Gasteiger partial charge in [-0.3, -0.25) is 0 Å². The van der Waals surface area contributed by atoms with Gasteiger partial charge in [-0.25, -0.2) is 0 Å². The standard InChI is InChI=1S/C15H15O2.C5H5.Fe/c1-16-14-9-13(10-15(11-14)17-2)8-7-12-5-3-4-6-12;1-2-4-5-3-1;/h3-11H,1-2H3;1-5H;/q-1;-5;/b8-7+;;. The first-order valence-corrected chi connectivity index (χ1v) is 7.11. The Morgan fingerprint density at radius 1 is 0.826 bits per heavy atom. The van der Waals surface area contributed by atoms with Crippen molar-refractivity contribution in [1.82, 2.24) is 0 Å². The fraction of sp³-hybridized carbons (Fsp3) is 0.100. The van der Waals surface area contributed by atoms with Gasteiger partial charge < -0.3 is 39.8 Å². The van der Waals surface area contributed by atoms with Crippen LogP contribution in [0.25, 0.3) is 12.2 Å².